The zero-order chi connectivity index (χ0) is 20.7. The van der Waals surface area contributed by atoms with Crippen LogP contribution in [-0.4, -0.2) is 23.5 Å². The molecule has 2 aromatic carbocycles. The van der Waals surface area contributed by atoms with Gasteiger partial charge in [-0.1, -0.05) is 18.5 Å². The van der Waals surface area contributed by atoms with Crippen molar-refractivity contribution < 1.29 is 14.3 Å². The first kappa shape index (κ1) is 22.1. The quantitative estimate of drug-likeness (QED) is 0.504. The zero-order valence-electron chi connectivity index (χ0n) is 15.3. The van der Waals surface area contributed by atoms with Gasteiger partial charge in [0.05, 0.1) is 21.8 Å². The number of benzene rings is 2. The molecule has 3 N–H and O–H groups in total. The number of carbonyl (C=O) groups excluding carboxylic acids is 2. The van der Waals surface area contributed by atoms with Crippen molar-refractivity contribution in [1.29, 1.82) is 0 Å². The van der Waals surface area contributed by atoms with Crippen LogP contribution in [0, 0.1) is 0 Å². The Morgan fingerprint density at radius 3 is 2.54 bits per heavy atom. The SMILES string of the molecule is CCOc1ccc(C(=O)NC(=S)Nc2cc(NC(=O)CC)ccc2Cl)cc1Br. The van der Waals surface area contributed by atoms with Gasteiger partial charge in [-0.3, -0.25) is 14.9 Å². The van der Waals surface area contributed by atoms with E-state index in [0.717, 1.165) is 0 Å². The summed E-state index contributed by atoms with van der Waals surface area (Å²) in [4.78, 5) is 23.9. The topological polar surface area (TPSA) is 79.5 Å². The number of carbonyl (C=O) groups is 2. The summed E-state index contributed by atoms with van der Waals surface area (Å²) in [7, 11) is 0. The number of nitrogens with one attached hydrogen (secondary N) is 3. The molecule has 9 heteroatoms. The fraction of sp³-hybridized carbons (Fsp3) is 0.211. The van der Waals surface area contributed by atoms with Gasteiger partial charge in [0.25, 0.3) is 5.91 Å². The van der Waals surface area contributed by atoms with Crippen molar-refractivity contribution in [2.24, 2.45) is 0 Å². The number of amides is 2. The summed E-state index contributed by atoms with van der Waals surface area (Å²) in [6.45, 7) is 4.16. The van der Waals surface area contributed by atoms with Gasteiger partial charge in [0.15, 0.2) is 5.11 Å². The van der Waals surface area contributed by atoms with E-state index >= 15 is 0 Å². The van der Waals surface area contributed by atoms with Gasteiger partial charge in [0.2, 0.25) is 5.91 Å². The number of halogens is 2. The molecule has 2 aromatic rings. The molecule has 0 saturated carbocycles. The number of rotatable bonds is 6. The molecule has 148 valence electrons. The van der Waals surface area contributed by atoms with Gasteiger partial charge in [-0.15, -0.1) is 0 Å². The fourth-order valence-corrected chi connectivity index (χ4v) is 3.05. The van der Waals surface area contributed by atoms with Gasteiger partial charge in [-0.05, 0) is 71.5 Å². The van der Waals surface area contributed by atoms with E-state index in [2.05, 4.69) is 31.9 Å². The maximum absolute atomic E-state index is 12.4. The Balaban J connectivity index is 2.05. The predicted molar refractivity (Wildman–Crippen MR) is 119 cm³/mol. The fourth-order valence-electron chi connectivity index (χ4n) is 2.19. The van der Waals surface area contributed by atoms with E-state index in [1.165, 1.54) is 0 Å². The number of thiocarbonyl (C=S) groups is 1. The maximum atomic E-state index is 12.4. The lowest BCUT2D eigenvalue weighted by Crippen LogP contribution is -2.34. The van der Waals surface area contributed by atoms with Gasteiger partial charge < -0.3 is 15.4 Å². The van der Waals surface area contributed by atoms with Gasteiger partial charge in [0, 0.05) is 17.7 Å². The Morgan fingerprint density at radius 2 is 1.89 bits per heavy atom. The molecule has 6 nitrogen and oxygen atoms in total. The third-order valence-corrected chi connectivity index (χ3v) is 4.69. The van der Waals surface area contributed by atoms with Gasteiger partial charge in [-0.2, -0.15) is 0 Å². The molecule has 0 unspecified atom stereocenters. The number of anilines is 2. The highest BCUT2D eigenvalue weighted by atomic mass is 79.9. The second kappa shape index (κ2) is 10.4. The summed E-state index contributed by atoms with van der Waals surface area (Å²) >= 11 is 14.7. The number of hydrogen-bond acceptors (Lipinski definition) is 4. The zero-order valence-corrected chi connectivity index (χ0v) is 18.4. The summed E-state index contributed by atoms with van der Waals surface area (Å²) < 4.78 is 6.10. The van der Waals surface area contributed by atoms with Crippen LogP contribution in [0.25, 0.3) is 0 Å². The van der Waals surface area contributed by atoms with E-state index in [9.17, 15) is 9.59 Å². The van der Waals surface area contributed by atoms with Crippen molar-refractivity contribution in [2.45, 2.75) is 20.3 Å². The predicted octanol–water partition coefficient (Wildman–Crippen LogP) is 4.98. The summed E-state index contributed by atoms with van der Waals surface area (Å²) in [5, 5.41) is 8.68. The minimum Gasteiger partial charge on any atom is -0.493 e. The molecule has 0 spiro atoms. The third kappa shape index (κ3) is 6.19. The van der Waals surface area contributed by atoms with Gasteiger partial charge >= 0.3 is 0 Å². The van der Waals surface area contributed by atoms with E-state index in [4.69, 9.17) is 28.6 Å². The van der Waals surface area contributed by atoms with Crippen LogP contribution >= 0.6 is 39.7 Å². The van der Waals surface area contributed by atoms with Crippen molar-refractivity contribution in [3.05, 3.63) is 51.5 Å². The highest BCUT2D eigenvalue weighted by Gasteiger charge is 2.12. The molecular formula is C19H19BrClN3O3S. The average molecular weight is 485 g/mol. The largest absolute Gasteiger partial charge is 0.493 e. The Bertz CT molecular complexity index is 908. The van der Waals surface area contributed by atoms with Crippen LogP contribution in [0.1, 0.15) is 30.6 Å². The minimum absolute atomic E-state index is 0.0795. The normalized spacial score (nSPS) is 10.1. The molecule has 2 amide bonds. The molecule has 0 aliphatic carbocycles. The van der Waals surface area contributed by atoms with Gasteiger partial charge in [-0.25, -0.2) is 0 Å². The summed E-state index contributed by atoms with van der Waals surface area (Å²) in [6.07, 6.45) is 0.359. The first-order valence-corrected chi connectivity index (χ1v) is 10.1. The number of ether oxygens (including phenoxy) is 1. The van der Waals surface area contributed by atoms with Crippen LogP contribution in [0.2, 0.25) is 5.02 Å². The summed E-state index contributed by atoms with van der Waals surface area (Å²) in [5.74, 6) is 0.149. The molecule has 0 aromatic heterocycles. The maximum Gasteiger partial charge on any atom is 0.257 e. The molecule has 0 radical (unpaired) electrons. The minimum atomic E-state index is -0.382. The van der Waals surface area contributed by atoms with E-state index < -0.39 is 0 Å². The molecule has 0 aliphatic heterocycles. The molecule has 0 bridgehead atoms. The monoisotopic (exact) mass is 483 g/mol. The van der Waals surface area contributed by atoms with E-state index in [0.29, 0.717) is 45.2 Å². The van der Waals surface area contributed by atoms with Crippen molar-refractivity contribution in [3.63, 3.8) is 0 Å². The Labute approximate surface area is 182 Å². The molecule has 2 rings (SSSR count). The second-order valence-corrected chi connectivity index (χ2v) is 7.25. The first-order valence-electron chi connectivity index (χ1n) is 8.48. The highest BCUT2D eigenvalue weighted by molar-refractivity contribution is 9.10. The van der Waals surface area contributed by atoms with E-state index in [1.54, 1.807) is 43.3 Å². The molecule has 0 fully saturated rings. The second-order valence-electron chi connectivity index (χ2n) is 5.58. The van der Waals surface area contributed by atoms with Crippen LogP contribution in [0.4, 0.5) is 11.4 Å². The van der Waals surface area contributed by atoms with Crippen LogP contribution in [0.15, 0.2) is 40.9 Å². The van der Waals surface area contributed by atoms with Crippen LogP contribution in [0.5, 0.6) is 5.75 Å². The highest BCUT2D eigenvalue weighted by Crippen LogP contribution is 2.27. The first-order chi connectivity index (χ1) is 13.3. The lowest BCUT2D eigenvalue weighted by Gasteiger charge is -2.13. The average Bonchev–Trinajstić information content (AvgIpc) is 2.66. The van der Waals surface area contributed by atoms with E-state index in [-0.39, 0.29) is 16.9 Å². The van der Waals surface area contributed by atoms with Gasteiger partial charge in [0.1, 0.15) is 5.75 Å². The molecule has 0 saturated heterocycles. The Morgan fingerprint density at radius 1 is 1.14 bits per heavy atom. The molecule has 0 heterocycles. The standard InChI is InChI=1S/C19H19BrClN3O3S/c1-3-17(25)22-12-6-7-14(21)15(10-12)23-19(28)24-18(26)11-5-8-16(27-4-2)13(20)9-11/h5-10H,3-4H2,1-2H3,(H,22,25)(H2,23,24,26,28). The van der Waals surface area contributed by atoms with Crippen LogP contribution < -0.4 is 20.7 Å². The molecule has 28 heavy (non-hydrogen) atoms. The van der Waals surface area contributed by atoms with Crippen LogP contribution in [0.3, 0.4) is 0 Å². The molecular weight excluding hydrogens is 466 g/mol. The Kier molecular flexibility index (Phi) is 8.22. The Hall–Kier alpha value is -2.16. The van der Waals surface area contributed by atoms with E-state index in [1.807, 2.05) is 6.92 Å². The molecule has 0 atom stereocenters. The third-order valence-electron chi connectivity index (χ3n) is 3.54. The summed E-state index contributed by atoms with van der Waals surface area (Å²) in [5.41, 5.74) is 1.45. The molecule has 0 aliphatic rings. The van der Waals surface area contributed by atoms with Crippen molar-refractivity contribution in [2.75, 3.05) is 17.2 Å². The number of hydrogen-bond donors (Lipinski definition) is 3. The smallest absolute Gasteiger partial charge is 0.257 e. The summed E-state index contributed by atoms with van der Waals surface area (Å²) in [6, 6.07) is 9.94. The van der Waals surface area contributed by atoms with Crippen LogP contribution in [-0.2, 0) is 4.79 Å². The lowest BCUT2D eigenvalue weighted by atomic mass is 10.2. The van der Waals surface area contributed by atoms with Crippen molar-refractivity contribution >= 4 is 68.1 Å². The lowest BCUT2D eigenvalue weighted by molar-refractivity contribution is -0.115. The van der Waals surface area contributed by atoms with Crippen molar-refractivity contribution in [3.8, 4) is 5.75 Å². The van der Waals surface area contributed by atoms with Crippen molar-refractivity contribution in [1.82, 2.24) is 5.32 Å².